The lowest BCUT2D eigenvalue weighted by molar-refractivity contribution is 0.690. The summed E-state index contributed by atoms with van der Waals surface area (Å²) >= 11 is 6.07. The molecule has 0 amide bonds. The predicted octanol–water partition coefficient (Wildman–Crippen LogP) is 3.63. The maximum Gasteiger partial charge on any atom is 0.336 e. The van der Waals surface area contributed by atoms with Crippen molar-refractivity contribution in [1.82, 2.24) is 13.7 Å². The second kappa shape index (κ2) is 5.88. The van der Waals surface area contributed by atoms with Gasteiger partial charge >= 0.3 is 5.69 Å². The third kappa shape index (κ3) is 2.24. The van der Waals surface area contributed by atoms with E-state index in [0.29, 0.717) is 28.3 Å². The van der Waals surface area contributed by atoms with E-state index in [-0.39, 0.29) is 11.2 Å². The molecule has 0 atom stereocenters. The minimum Gasteiger partial charge on any atom is -0.338 e. The highest BCUT2D eigenvalue weighted by atomic mass is 35.5. The van der Waals surface area contributed by atoms with Crippen LogP contribution in [-0.4, -0.2) is 13.7 Å². The van der Waals surface area contributed by atoms with Gasteiger partial charge in [0.15, 0.2) is 0 Å². The summed E-state index contributed by atoms with van der Waals surface area (Å²) in [4.78, 5) is 26.4. The molecule has 4 aromatic rings. The second-order valence-electron chi connectivity index (χ2n) is 6.42. The van der Waals surface area contributed by atoms with E-state index in [2.05, 4.69) is 0 Å². The molecular weight excluding hydrogens is 350 g/mol. The Kier molecular flexibility index (Phi) is 3.77. The first kappa shape index (κ1) is 16.7. The number of aromatic nitrogens is 3. The van der Waals surface area contributed by atoms with E-state index in [0.717, 1.165) is 16.5 Å². The number of nitrogens with zero attached hydrogens (tertiary/aromatic N) is 3. The van der Waals surface area contributed by atoms with Crippen molar-refractivity contribution in [3.8, 4) is 5.69 Å². The fraction of sp³-hybridized carbons (Fsp3) is 0.200. The van der Waals surface area contributed by atoms with E-state index >= 15 is 0 Å². The van der Waals surface area contributed by atoms with Gasteiger partial charge in [-0.25, -0.2) is 9.36 Å². The van der Waals surface area contributed by atoms with Crippen molar-refractivity contribution in [1.29, 1.82) is 0 Å². The number of hydrogen-bond donors (Lipinski definition) is 0. The highest BCUT2D eigenvalue weighted by molar-refractivity contribution is 6.30. The molecule has 2 heterocycles. The summed E-state index contributed by atoms with van der Waals surface area (Å²) in [7, 11) is 1.86. The largest absolute Gasteiger partial charge is 0.338 e. The third-order valence-corrected chi connectivity index (χ3v) is 5.04. The lowest BCUT2D eigenvalue weighted by Crippen LogP contribution is -2.39. The zero-order chi connectivity index (χ0) is 18.6. The van der Waals surface area contributed by atoms with Crippen molar-refractivity contribution >= 4 is 33.5 Å². The molecule has 26 heavy (non-hydrogen) atoms. The van der Waals surface area contributed by atoms with E-state index in [9.17, 15) is 9.59 Å². The van der Waals surface area contributed by atoms with Crippen LogP contribution in [0.3, 0.4) is 0 Å². The van der Waals surface area contributed by atoms with Crippen LogP contribution in [0.2, 0.25) is 5.02 Å². The van der Waals surface area contributed by atoms with E-state index in [1.165, 1.54) is 4.57 Å². The SMILES string of the molecule is CCn1c(=O)n(-c2cccc(Cl)c2)c(=O)c2c1c1cc(C)ccc1n2C. The van der Waals surface area contributed by atoms with Gasteiger partial charge in [-0.2, -0.15) is 0 Å². The van der Waals surface area contributed by atoms with Crippen molar-refractivity contribution in [3.05, 3.63) is 73.9 Å². The average molecular weight is 368 g/mol. The van der Waals surface area contributed by atoms with Crippen molar-refractivity contribution in [2.45, 2.75) is 20.4 Å². The van der Waals surface area contributed by atoms with Gasteiger partial charge in [0.1, 0.15) is 5.52 Å². The monoisotopic (exact) mass is 367 g/mol. The first-order chi connectivity index (χ1) is 12.4. The van der Waals surface area contributed by atoms with E-state index < -0.39 is 0 Å². The molecule has 2 aromatic heterocycles. The number of rotatable bonds is 2. The third-order valence-electron chi connectivity index (χ3n) is 4.81. The van der Waals surface area contributed by atoms with Gasteiger partial charge in [0.2, 0.25) is 0 Å². The lowest BCUT2D eigenvalue weighted by Gasteiger charge is -2.11. The normalized spacial score (nSPS) is 11.5. The summed E-state index contributed by atoms with van der Waals surface area (Å²) in [6.07, 6.45) is 0. The molecule has 0 unspecified atom stereocenters. The van der Waals surface area contributed by atoms with Gasteiger partial charge in [0.25, 0.3) is 5.56 Å². The van der Waals surface area contributed by atoms with Crippen molar-refractivity contribution in [3.63, 3.8) is 0 Å². The Bertz CT molecular complexity index is 1290. The van der Waals surface area contributed by atoms with Crippen LogP contribution in [0.1, 0.15) is 12.5 Å². The fourth-order valence-electron chi connectivity index (χ4n) is 3.60. The molecule has 0 aliphatic heterocycles. The van der Waals surface area contributed by atoms with Gasteiger partial charge in [-0.15, -0.1) is 0 Å². The number of aryl methyl sites for hydroxylation is 3. The minimum absolute atomic E-state index is 0.340. The Morgan fingerprint density at radius 3 is 2.50 bits per heavy atom. The molecule has 0 fully saturated rings. The van der Waals surface area contributed by atoms with Gasteiger partial charge in [0, 0.05) is 24.0 Å². The smallest absolute Gasteiger partial charge is 0.336 e. The summed E-state index contributed by atoms with van der Waals surface area (Å²) in [5.41, 5.74) is 2.97. The maximum atomic E-state index is 13.3. The molecule has 6 heteroatoms. The van der Waals surface area contributed by atoms with Crippen LogP contribution < -0.4 is 11.2 Å². The first-order valence-corrected chi connectivity index (χ1v) is 8.82. The summed E-state index contributed by atoms with van der Waals surface area (Å²) in [6, 6.07) is 12.8. The molecular formula is C20H18ClN3O2. The van der Waals surface area contributed by atoms with Gasteiger partial charge in [-0.05, 0) is 44.2 Å². The molecule has 0 saturated heterocycles. The summed E-state index contributed by atoms with van der Waals surface area (Å²) in [6.45, 7) is 4.37. The molecule has 2 aromatic carbocycles. The Morgan fingerprint density at radius 1 is 1.04 bits per heavy atom. The van der Waals surface area contributed by atoms with Gasteiger partial charge in [-0.3, -0.25) is 9.36 Å². The highest BCUT2D eigenvalue weighted by Gasteiger charge is 2.20. The topological polar surface area (TPSA) is 48.9 Å². The predicted molar refractivity (Wildman–Crippen MR) is 106 cm³/mol. The van der Waals surface area contributed by atoms with Crippen LogP contribution in [0.4, 0.5) is 0 Å². The second-order valence-corrected chi connectivity index (χ2v) is 6.86. The summed E-state index contributed by atoms with van der Waals surface area (Å²) in [5, 5.41) is 1.39. The van der Waals surface area contributed by atoms with E-state index in [1.54, 1.807) is 28.8 Å². The molecule has 0 aliphatic rings. The minimum atomic E-state index is -0.360. The zero-order valence-corrected chi connectivity index (χ0v) is 15.5. The zero-order valence-electron chi connectivity index (χ0n) is 14.8. The van der Waals surface area contributed by atoms with Crippen LogP contribution in [0.25, 0.3) is 27.6 Å². The number of hydrogen-bond acceptors (Lipinski definition) is 2. The van der Waals surface area contributed by atoms with Crippen molar-refractivity contribution in [2.24, 2.45) is 7.05 Å². The Labute approximate surface area is 154 Å². The molecule has 0 bridgehead atoms. The average Bonchev–Trinajstić information content (AvgIpc) is 2.88. The van der Waals surface area contributed by atoms with Crippen LogP contribution in [-0.2, 0) is 13.6 Å². The maximum absolute atomic E-state index is 13.3. The van der Waals surface area contributed by atoms with E-state index in [4.69, 9.17) is 11.6 Å². The number of benzene rings is 2. The molecule has 5 nitrogen and oxygen atoms in total. The van der Waals surface area contributed by atoms with E-state index in [1.807, 2.05) is 43.7 Å². The quantitative estimate of drug-likeness (QED) is 0.543. The molecule has 0 spiro atoms. The molecule has 0 N–H and O–H groups in total. The van der Waals surface area contributed by atoms with Gasteiger partial charge < -0.3 is 4.57 Å². The Hall–Kier alpha value is -2.79. The van der Waals surface area contributed by atoms with Crippen LogP contribution in [0, 0.1) is 6.92 Å². The molecule has 0 saturated carbocycles. The highest BCUT2D eigenvalue weighted by Crippen LogP contribution is 2.26. The van der Waals surface area contributed by atoms with Crippen LogP contribution >= 0.6 is 11.6 Å². The molecule has 0 radical (unpaired) electrons. The van der Waals surface area contributed by atoms with Crippen LogP contribution in [0.15, 0.2) is 52.1 Å². The van der Waals surface area contributed by atoms with Gasteiger partial charge in [-0.1, -0.05) is 29.3 Å². The Balaban J connectivity index is 2.28. The lowest BCUT2D eigenvalue weighted by atomic mass is 10.1. The molecule has 132 valence electrons. The standard InChI is InChI=1S/C20H18ClN3O2/c1-4-23-17-15-10-12(2)8-9-16(15)22(3)18(17)19(25)24(20(23)26)14-7-5-6-13(21)11-14/h5-11H,4H2,1-3H3. The summed E-state index contributed by atoms with van der Waals surface area (Å²) < 4.78 is 4.71. The van der Waals surface area contributed by atoms with Gasteiger partial charge in [0.05, 0.1) is 16.7 Å². The summed E-state index contributed by atoms with van der Waals surface area (Å²) in [5.74, 6) is 0. The first-order valence-electron chi connectivity index (χ1n) is 8.44. The van der Waals surface area contributed by atoms with Crippen molar-refractivity contribution < 1.29 is 0 Å². The van der Waals surface area contributed by atoms with Crippen LogP contribution in [0.5, 0.6) is 0 Å². The number of halogens is 1. The van der Waals surface area contributed by atoms with Crippen molar-refractivity contribution in [2.75, 3.05) is 0 Å². The fourth-order valence-corrected chi connectivity index (χ4v) is 3.79. The Morgan fingerprint density at radius 2 is 1.81 bits per heavy atom. The molecule has 4 rings (SSSR count). The molecule has 0 aliphatic carbocycles. The number of fused-ring (bicyclic) bond motifs is 3.